The maximum Gasteiger partial charge on any atom is 0.260 e. The molecule has 0 bridgehead atoms. The van der Waals surface area contributed by atoms with Crippen LogP contribution in [-0.4, -0.2) is 15.0 Å². The summed E-state index contributed by atoms with van der Waals surface area (Å²) >= 11 is 0. The Labute approximate surface area is 68.7 Å². The standard InChI is InChI=1S/C8H9N3O/c1-2-6-10-7-5(3-4-9-7)8(12)11-6/h3-4H,2H2,1H3,(H2,9,10,11,12). The van der Waals surface area contributed by atoms with Crippen LogP contribution in [0.4, 0.5) is 0 Å². The quantitative estimate of drug-likeness (QED) is 0.653. The maximum absolute atomic E-state index is 11.3. The number of hydrogen-bond donors (Lipinski definition) is 2. The van der Waals surface area contributed by atoms with Gasteiger partial charge in [-0.05, 0) is 6.07 Å². The van der Waals surface area contributed by atoms with Gasteiger partial charge in [-0.25, -0.2) is 4.98 Å². The molecule has 0 fully saturated rings. The van der Waals surface area contributed by atoms with Crippen molar-refractivity contribution in [3.63, 3.8) is 0 Å². The fourth-order valence-corrected chi connectivity index (χ4v) is 1.17. The fourth-order valence-electron chi connectivity index (χ4n) is 1.17. The minimum atomic E-state index is -0.0712. The number of nitrogens with one attached hydrogen (secondary N) is 2. The summed E-state index contributed by atoms with van der Waals surface area (Å²) < 4.78 is 0. The molecule has 0 amide bonds. The zero-order chi connectivity index (χ0) is 8.55. The van der Waals surface area contributed by atoms with Gasteiger partial charge in [-0.2, -0.15) is 0 Å². The Bertz CT molecular complexity index is 455. The molecular formula is C8H9N3O. The van der Waals surface area contributed by atoms with E-state index in [4.69, 9.17) is 0 Å². The van der Waals surface area contributed by atoms with Crippen LogP contribution >= 0.6 is 0 Å². The number of H-pyrrole nitrogens is 2. The van der Waals surface area contributed by atoms with E-state index < -0.39 is 0 Å². The summed E-state index contributed by atoms with van der Waals surface area (Å²) in [7, 11) is 0. The average molecular weight is 163 g/mol. The van der Waals surface area contributed by atoms with E-state index in [0.717, 1.165) is 12.2 Å². The van der Waals surface area contributed by atoms with E-state index in [9.17, 15) is 4.79 Å². The Morgan fingerprint density at radius 2 is 2.42 bits per heavy atom. The van der Waals surface area contributed by atoms with Gasteiger partial charge in [0.2, 0.25) is 0 Å². The summed E-state index contributed by atoms with van der Waals surface area (Å²) in [5.41, 5.74) is 0.591. The van der Waals surface area contributed by atoms with E-state index in [0.29, 0.717) is 11.0 Å². The van der Waals surface area contributed by atoms with Crippen molar-refractivity contribution in [1.82, 2.24) is 15.0 Å². The smallest absolute Gasteiger partial charge is 0.260 e. The number of nitrogens with zero attached hydrogens (tertiary/aromatic N) is 1. The molecule has 2 N–H and O–H groups in total. The number of aromatic nitrogens is 3. The first kappa shape index (κ1) is 7.09. The van der Waals surface area contributed by atoms with Crippen LogP contribution in [0, 0.1) is 0 Å². The van der Waals surface area contributed by atoms with Crippen LogP contribution in [0.25, 0.3) is 11.0 Å². The van der Waals surface area contributed by atoms with Crippen LogP contribution in [0.1, 0.15) is 12.7 Å². The lowest BCUT2D eigenvalue weighted by molar-refractivity contribution is 0.940. The number of hydrogen-bond acceptors (Lipinski definition) is 2. The molecule has 0 unspecified atom stereocenters. The van der Waals surface area contributed by atoms with Gasteiger partial charge in [0.05, 0.1) is 5.39 Å². The first-order valence-corrected chi connectivity index (χ1v) is 3.87. The zero-order valence-electron chi connectivity index (χ0n) is 6.72. The number of aromatic amines is 2. The van der Waals surface area contributed by atoms with E-state index in [-0.39, 0.29) is 5.56 Å². The van der Waals surface area contributed by atoms with E-state index in [2.05, 4.69) is 15.0 Å². The number of rotatable bonds is 1. The molecule has 2 rings (SSSR count). The molecular weight excluding hydrogens is 154 g/mol. The van der Waals surface area contributed by atoms with Gasteiger partial charge in [0.1, 0.15) is 11.5 Å². The predicted molar refractivity (Wildman–Crippen MR) is 46.1 cm³/mol. The summed E-state index contributed by atoms with van der Waals surface area (Å²) in [6, 6.07) is 1.72. The van der Waals surface area contributed by atoms with Crippen molar-refractivity contribution in [3.05, 3.63) is 28.4 Å². The largest absolute Gasteiger partial charge is 0.346 e. The molecule has 62 valence electrons. The van der Waals surface area contributed by atoms with E-state index >= 15 is 0 Å². The molecule has 2 aromatic rings. The minimum absolute atomic E-state index is 0.0712. The topological polar surface area (TPSA) is 61.5 Å². The molecule has 12 heavy (non-hydrogen) atoms. The lowest BCUT2D eigenvalue weighted by Crippen LogP contribution is -2.10. The van der Waals surface area contributed by atoms with E-state index in [1.165, 1.54) is 0 Å². The molecule has 4 heteroatoms. The monoisotopic (exact) mass is 163 g/mol. The van der Waals surface area contributed by atoms with Gasteiger partial charge in [0, 0.05) is 12.6 Å². The molecule has 0 aromatic carbocycles. The van der Waals surface area contributed by atoms with Crippen LogP contribution in [-0.2, 0) is 6.42 Å². The first-order valence-electron chi connectivity index (χ1n) is 3.87. The predicted octanol–water partition coefficient (Wildman–Crippen LogP) is 0.814. The molecule has 0 spiro atoms. The lowest BCUT2D eigenvalue weighted by Gasteiger charge is -1.94. The second kappa shape index (κ2) is 2.48. The van der Waals surface area contributed by atoms with Gasteiger partial charge in [0.25, 0.3) is 5.56 Å². The van der Waals surface area contributed by atoms with Crippen molar-refractivity contribution in [2.24, 2.45) is 0 Å². The summed E-state index contributed by atoms with van der Waals surface area (Å²) in [4.78, 5) is 21.1. The van der Waals surface area contributed by atoms with Gasteiger partial charge in [-0.3, -0.25) is 4.79 Å². The fraction of sp³-hybridized carbons (Fsp3) is 0.250. The van der Waals surface area contributed by atoms with Crippen molar-refractivity contribution in [1.29, 1.82) is 0 Å². The molecule has 0 aliphatic carbocycles. The molecule has 2 heterocycles. The third kappa shape index (κ3) is 0.922. The number of aryl methyl sites for hydroxylation is 1. The summed E-state index contributed by atoms with van der Waals surface area (Å²) in [5, 5.41) is 0.618. The first-order chi connectivity index (χ1) is 5.81. The van der Waals surface area contributed by atoms with Crippen LogP contribution in [0.3, 0.4) is 0 Å². The van der Waals surface area contributed by atoms with Gasteiger partial charge >= 0.3 is 0 Å². The highest BCUT2D eigenvalue weighted by Crippen LogP contribution is 2.02. The van der Waals surface area contributed by atoms with Crippen LogP contribution in [0.15, 0.2) is 17.1 Å². The van der Waals surface area contributed by atoms with Gasteiger partial charge in [0.15, 0.2) is 0 Å². The summed E-state index contributed by atoms with van der Waals surface area (Å²) in [5.74, 6) is 0.718. The second-order valence-electron chi connectivity index (χ2n) is 2.61. The molecule has 0 atom stereocenters. The highest BCUT2D eigenvalue weighted by Gasteiger charge is 2.01. The van der Waals surface area contributed by atoms with Gasteiger partial charge in [-0.1, -0.05) is 6.92 Å². The normalized spacial score (nSPS) is 10.8. The molecule has 0 aliphatic heterocycles. The van der Waals surface area contributed by atoms with Gasteiger partial charge < -0.3 is 9.97 Å². The molecule has 0 aliphatic rings. The summed E-state index contributed by atoms with van der Waals surface area (Å²) in [6.45, 7) is 1.95. The maximum atomic E-state index is 11.3. The van der Waals surface area contributed by atoms with Crippen molar-refractivity contribution in [3.8, 4) is 0 Å². The lowest BCUT2D eigenvalue weighted by atomic mass is 10.4. The molecule has 4 nitrogen and oxygen atoms in total. The van der Waals surface area contributed by atoms with Crippen molar-refractivity contribution in [2.45, 2.75) is 13.3 Å². The molecule has 2 aromatic heterocycles. The Kier molecular flexibility index (Phi) is 1.46. The summed E-state index contributed by atoms with van der Waals surface area (Å²) in [6.07, 6.45) is 2.45. The van der Waals surface area contributed by atoms with Crippen LogP contribution < -0.4 is 5.56 Å². The minimum Gasteiger partial charge on any atom is -0.346 e. The third-order valence-electron chi connectivity index (χ3n) is 1.81. The molecule has 0 radical (unpaired) electrons. The Hall–Kier alpha value is -1.58. The van der Waals surface area contributed by atoms with Crippen LogP contribution in [0.2, 0.25) is 0 Å². The second-order valence-corrected chi connectivity index (χ2v) is 2.61. The van der Waals surface area contributed by atoms with E-state index in [1.54, 1.807) is 12.3 Å². The van der Waals surface area contributed by atoms with Crippen LogP contribution in [0.5, 0.6) is 0 Å². The Morgan fingerprint density at radius 3 is 3.17 bits per heavy atom. The SMILES string of the molecule is CCc1nc2[nH]ccc2c(=O)[nH]1. The number of fused-ring (bicyclic) bond motifs is 1. The van der Waals surface area contributed by atoms with Crippen molar-refractivity contribution in [2.75, 3.05) is 0 Å². The Balaban J connectivity index is 2.84. The molecule has 0 saturated carbocycles. The molecule has 0 saturated heterocycles. The third-order valence-corrected chi connectivity index (χ3v) is 1.81. The Morgan fingerprint density at radius 1 is 1.58 bits per heavy atom. The van der Waals surface area contributed by atoms with Crippen molar-refractivity contribution >= 4 is 11.0 Å². The highest BCUT2D eigenvalue weighted by molar-refractivity contribution is 5.73. The van der Waals surface area contributed by atoms with E-state index in [1.807, 2.05) is 6.92 Å². The zero-order valence-corrected chi connectivity index (χ0v) is 6.72. The highest BCUT2D eigenvalue weighted by atomic mass is 16.1. The van der Waals surface area contributed by atoms with Crippen molar-refractivity contribution < 1.29 is 0 Å². The average Bonchev–Trinajstić information content (AvgIpc) is 2.52. The van der Waals surface area contributed by atoms with Gasteiger partial charge in [-0.15, -0.1) is 0 Å².